The van der Waals surface area contributed by atoms with Crippen LogP contribution < -0.4 is 0 Å². The first-order valence-electron chi connectivity index (χ1n) is 24.1. The second kappa shape index (κ2) is 18.5. The van der Waals surface area contributed by atoms with Crippen LogP contribution in [0.25, 0.3) is 0 Å². The number of fused-ring (bicyclic) bond motifs is 4. The lowest BCUT2D eigenvalue weighted by Gasteiger charge is -2.71. The number of carbonyl (C=O) groups is 2. The van der Waals surface area contributed by atoms with E-state index >= 15 is 4.79 Å². The normalized spacial score (nSPS) is 54.1. The molecule has 4 saturated heterocycles. The van der Waals surface area contributed by atoms with Crippen LogP contribution in [-0.4, -0.2) is 181 Å². The molecule has 0 radical (unpaired) electrons. The fourth-order valence-corrected chi connectivity index (χ4v) is 15.0. The number of rotatable bonds is 10. The van der Waals surface area contributed by atoms with Gasteiger partial charge in [0.15, 0.2) is 12.6 Å². The van der Waals surface area contributed by atoms with Gasteiger partial charge in [-0.1, -0.05) is 45.1 Å². The minimum absolute atomic E-state index is 0.0263. The lowest BCUT2D eigenvalue weighted by atomic mass is 9.33. The van der Waals surface area contributed by atoms with Gasteiger partial charge in [0.25, 0.3) is 0 Å². The molecular formula is C48H74O19. The maximum absolute atomic E-state index is 15.0. The predicted molar refractivity (Wildman–Crippen MR) is 230 cm³/mol. The van der Waals surface area contributed by atoms with E-state index in [0.29, 0.717) is 32.1 Å². The molecule has 8 aliphatic rings. The van der Waals surface area contributed by atoms with Crippen molar-refractivity contribution in [2.45, 2.75) is 197 Å². The van der Waals surface area contributed by atoms with Gasteiger partial charge in [-0.25, -0.2) is 0 Å². The fraction of sp³-hybridized carbons (Fsp3) is 0.875. The van der Waals surface area contributed by atoms with Gasteiger partial charge in [0.2, 0.25) is 6.29 Å². The Kier molecular flexibility index (Phi) is 14.1. The number of carbonyl (C=O) groups excluding carboxylic acids is 2. The Bertz CT molecular complexity index is 1880. The van der Waals surface area contributed by atoms with Crippen molar-refractivity contribution in [2.24, 2.45) is 51.2 Å². The maximum Gasteiger partial charge on any atom is 0.314 e. The summed E-state index contributed by atoms with van der Waals surface area (Å²) in [6, 6.07) is 0. The largest absolute Gasteiger partial charge is 0.462 e. The summed E-state index contributed by atoms with van der Waals surface area (Å²) in [5.41, 5.74) is -0.717. The third kappa shape index (κ3) is 7.98. The van der Waals surface area contributed by atoms with Crippen molar-refractivity contribution < 1.29 is 93.8 Å². The Morgan fingerprint density at radius 1 is 0.731 bits per heavy atom. The average Bonchev–Trinajstić information content (AvgIpc) is 3.64. The highest BCUT2D eigenvalue weighted by Gasteiger charge is 2.75. The summed E-state index contributed by atoms with van der Waals surface area (Å²) >= 11 is 0. The van der Waals surface area contributed by atoms with Crippen LogP contribution in [0.4, 0.5) is 0 Å². The standard InChI is InChI=1S/C48H74O19/c1-19(2)22-9-12-48(14-13-45(6)24(30(22)48)15-25-40-46(45,7)11-10-23(20(3)4)47(40,8)28(50)16-29(51)63-25)44(60)67-43-37(58)34(55)32(53)27(65-43)18-61-41-38(59)35(56)39(26(17-49)64-41)66-42-36(57)33(54)31(52)21(5)62-42/h21-28,30-43,49-50,52-59H,1,3,9-18H2,2,4-8H3/t21-,22-,23-,24+,25+,26+,27+,28+,30+,31-,32+,33+,34-,35+,36+,37+,38+,39+,40-,41+,42+,43-,45+,46+,47+,48-/m0/s1. The maximum atomic E-state index is 15.0. The molecule has 8 fully saturated rings. The van der Waals surface area contributed by atoms with E-state index in [-0.39, 0.29) is 41.4 Å². The van der Waals surface area contributed by atoms with Crippen molar-refractivity contribution in [3.63, 3.8) is 0 Å². The van der Waals surface area contributed by atoms with E-state index < -0.39 is 146 Å². The van der Waals surface area contributed by atoms with Gasteiger partial charge in [0.1, 0.15) is 73.2 Å². The molecule has 0 amide bonds. The molecule has 0 aromatic carbocycles. The van der Waals surface area contributed by atoms with Crippen LogP contribution in [0.3, 0.4) is 0 Å². The quantitative estimate of drug-likeness (QED) is 0.0994. The van der Waals surface area contributed by atoms with Gasteiger partial charge < -0.3 is 84.2 Å². The predicted octanol–water partition coefficient (Wildman–Crippen LogP) is -0.294. The molecule has 4 heterocycles. The molecule has 19 nitrogen and oxygen atoms in total. The molecule has 10 N–H and O–H groups in total. The minimum atomic E-state index is -1.89. The molecule has 19 heteroatoms. The van der Waals surface area contributed by atoms with Gasteiger partial charge in [-0.15, -0.1) is 0 Å². The number of hydrogen-bond acceptors (Lipinski definition) is 19. The van der Waals surface area contributed by atoms with Gasteiger partial charge in [-0.05, 0) is 100 Å². The Labute approximate surface area is 391 Å². The zero-order valence-electron chi connectivity index (χ0n) is 39.3. The molecule has 380 valence electrons. The summed E-state index contributed by atoms with van der Waals surface area (Å²) in [4.78, 5) is 28.5. The highest BCUT2D eigenvalue weighted by molar-refractivity contribution is 5.78. The number of aliphatic hydroxyl groups is 10. The smallest absolute Gasteiger partial charge is 0.314 e. The molecule has 0 aromatic heterocycles. The number of ether oxygens (including phenoxy) is 7. The lowest BCUT2D eigenvalue weighted by molar-refractivity contribution is -0.361. The van der Waals surface area contributed by atoms with Crippen molar-refractivity contribution in [2.75, 3.05) is 13.2 Å². The summed E-state index contributed by atoms with van der Waals surface area (Å²) in [5.74, 6) is -1.91. The Hall–Kier alpha value is -2.18. The molecular weight excluding hydrogens is 881 g/mol. The highest BCUT2D eigenvalue weighted by Crippen LogP contribution is 2.77. The highest BCUT2D eigenvalue weighted by atomic mass is 16.8. The van der Waals surface area contributed by atoms with Gasteiger partial charge in [0, 0.05) is 11.3 Å². The summed E-state index contributed by atoms with van der Waals surface area (Å²) in [7, 11) is 0. The first-order valence-corrected chi connectivity index (χ1v) is 24.1. The van der Waals surface area contributed by atoms with Crippen molar-refractivity contribution >= 4 is 11.9 Å². The monoisotopic (exact) mass is 954 g/mol. The number of hydrogen-bond donors (Lipinski definition) is 10. The van der Waals surface area contributed by atoms with Gasteiger partial charge >= 0.3 is 11.9 Å². The zero-order chi connectivity index (χ0) is 49.0. The number of esters is 2. The minimum Gasteiger partial charge on any atom is -0.462 e. The molecule has 4 saturated carbocycles. The Balaban J connectivity index is 0.998. The molecule has 0 spiro atoms. The Morgan fingerprint density at radius 3 is 2.03 bits per heavy atom. The molecule has 0 aromatic rings. The topological polar surface area (TPSA) is 301 Å². The van der Waals surface area contributed by atoms with Crippen LogP contribution >= 0.6 is 0 Å². The average molecular weight is 955 g/mol. The summed E-state index contributed by atoms with van der Waals surface area (Å²) < 4.78 is 41.0. The van der Waals surface area contributed by atoms with Crippen LogP contribution in [0.15, 0.2) is 24.3 Å². The van der Waals surface area contributed by atoms with E-state index in [9.17, 15) is 55.9 Å². The first kappa shape index (κ1) is 51.2. The van der Waals surface area contributed by atoms with Crippen LogP contribution in [0, 0.1) is 51.2 Å². The van der Waals surface area contributed by atoms with E-state index in [2.05, 4.69) is 33.9 Å². The second-order valence-corrected chi connectivity index (χ2v) is 22.1. The van der Waals surface area contributed by atoms with E-state index in [1.807, 2.05) is 13.8 Å². The van der Waals surface area contributed by atoms with Crippen LogP contribution in [0.2, 0.25) is 0 Å². The molecule has 26 atom stereocenters. The van der Waals surface area contributed by atoms with E-state index in [4.69, 9.17) is 33.2 Å². The zero-order valence-corrected chi connectivity index (χ0v) is 39.3. The van der Waals surface area contributed by atoms with Crippen LogP contribution in [0.5, 0.6) is 0 Å². The molecule has 4 aliphatic heterocycles. The van der Waals surface area contributed by atoms with E-state index in [1.54, 1.807) is 0 Å². The van der Waals surface area contributed by atoms with Crippen molar-refractivity contribution in [3.8, 4) is 0 Å². The Morgan fingerprint density at radius 2 is 1.37 bits per heavy atom. The van der Waals surface area contributed by atoms with Gasteiger partial charge in [0.05, 0.1) is 37.3 Å². The molecule has 0 unspecified atom stereocenters. The van der Waals surface area contributed by atoms with Gasteiger partial charge in [-0.2, -0.15) is 0 Å². The van der Waals surface area contributed by atoms with E-state index in [1.165, 1.54) is 6.92 Å². The van der Waals surface area contributed by atoms with Crippen LogP contribution in [0.1, 0.15) is 92.9 Å². The number of aliphatic hydroxyl groups excluding tert-OH is 10. The number of allylic oxidation sites excluding steroid dienone is 2. The molecule has 0 bridgehead atoms. The summed E-state index contributed by atoms with van der Waals surface area (Å²) in [5, 5.41) is 108. The van der Waals surface area contributed by atoms with Crippen molar-refractivity contribution in [1.82, 2.24) is 0 Å². The van der Waals surface area contributed by atoms with Gasteiger partial charge in [-0.3, -0.25) is 9.59 Å². The third-order valence-electron chi connectivity index (χ3n) is 18.8. The molecule has 67 heavy (non-hydrogen) atoms. The molecule has 4 aliphatic carbocycles. The summed E-state index contributed by atoms with van der Waals surface area (Å²) in [6.07, 6.45) is -22.1. The lowest BCUT2D eigenvalue weighted by Crippen LogP contribution is -2.69. The van der Waals surface area contributed by atoms with Crippen LogP contribution in [-0.2, 0) is 42.7 Å². The van der Waals surface area contributed by atoms with Crippen molar-refractivity contribution in [3.05, 3.63) is 24.3 Å². The first-order chi connectivity index (χ1) is 31.4. The third-order valence-corrected chi connectivity index (χ3v) is 18.8. The van der Waals surface area contributed by atoms with Crippen molar-refractivity contribution in [1.29, 1.82) is 0 Å². The summed E-state index contributed by atoms with van der Waals surface area (Å²) in [6.45, 7) is 19.3. The fourth-order valence-electron chi connectivity index (χ4n) is 15.0. The molecule has 8 rings (SSSR count). The van der Waals surface area contributed by atoms with E-state index in [0.717, 1.165) is 24.0 Å². The second-order valence-electron chi connectivity index (χ2n) is 22.1. The SMILES string of the molecule is C=C(C)[C@@H]1CC[C@]2(C(=O)O[C@@H]3O[C@H](CO[C@@H]4O[C@H](CO)[C@@H](O[C@H]5O[C@@H](C)[C@H](O)[C@@H](O)[C@H]5O)[C@H](O)[C@H]4O)[C@@H](O)[C@H](O)[C@H]3O)CC[C@]3(C)[C@H](C[C@H]4OC(=O)C[C@@H](O)[C@]5(C)[C@@H]4[C@@]3(C)CC[C@H]5C(=C)C)[C@@H]12.